The van der Waals surface area contributed by atoms with Gasteiger partial charge in [-0.25, -0.2) is 0 Å². The molecule has 3 heteroatoms. The summed E-state index contributed by atoms with van der Waals surface area (Å²) in [6, 6.07) is 0. The molecule has 0 bridgehead atoms. The Kier molecular flexibility index (Phi) is 3.00. The van der Waals surface area contributed by atoms with E-state index in [1.807, 2.05) is 0 Å². The summed E-state index contributed by atoms with van der Waals surface area (Å²) in [5.74, 6) is 0.300. The van der Waals surface area contributed by atoms with Crippen LogP contribution in [0.4, 0.5) is 0 Å². The molecule has 2 N–H and O–H groups in total. The van der Waals surface area contributed by atoms with Crippen LogP contribution in [-0.2, 0) is 9.47 Å². The first-order chi connectivity index (χ1) is 5.99. The zero-order valence-electron chi connectivity index (χ0n) is 9.09. The van der Waals surface area contributed by atoms with Crippen molar-refractivity contribution in [3.05, 3.63) is 0 Å². The molecule has 1 saturated carbocycles. The quantitative estimate of drug-likeness (QED) is 0.676. The Morgan fingerprint density at radius 1 is 1.31 bits per heavy atom. The molecule has 0 aromatic heterocycles. The number of ether oxygens (including phenoxy) is 2. The Balaban J connectivity index is 2.48. The standard InChI is InChI=1S/C10H21NO2/c1-9(2,7-11)8-5-10(6-8,12-3)13-4/h8H,5-7,11H2,1-4H3. The molecule has 0 spiro atoms. The molecule has 1 aliphatic rings. The van der Waals surface area contributed by atoms with Crippen LogP contribution in [0, 0.1) is 11.3 Å². The van der Waals surface area contributed by atoms with Gasteiger partial charge in [0.1, 0.15) is 0 Å². The smallest absolute Gasteiger partial charge is 0.168 e. The van der Waals surface area contributed by atoms with Crippen molar-refractivity contribution in [2.75, 3.05) is 20.8 Å². The van der Waals surface area contributed by atoms with Crippen LogP contribution in [0.3, 0.4) is 0 Å². The molecule has 0 aliphatic heterocycles. The minimum absolute atomic E-state index is 0.209. The third-order valence-corrected chi connectivity index (χ3v) is 3.49. The number of hydrogen-bond acceptors (Lipinski definition) is 3. The van der Waals surface area contributed by atoms with Gasteiger partial charge in [0.2, 0.25) is 0 Å². The highest BCUT2D eigenvalue weighted by Gasteiger charge is 2.50. The van der Waals surface area contributed by atoms with E-state index in [4.69, 9.17) is 15.2 Å². The fourth-order valence-corrected chi connectivity index (χ4v) is 1.83. The third kappa shape index (κ3) is 1.87. The maximum atomic E-state index is 5.71. The zero-order valence-corrected chi connectivity index (χ0v) is 9.09. The second kappa shape index (κ2) is 3.56. The lowest BCUT2D eigenvalue weighted by molar-refractivity contribution is -0.282. The van der Waals surface area contributed by atoms with Crippen molar-refractivity contribution >= 4 is 0 Å². The second-order valence-electron chi connectivity index (χ2n) is 4.62. The predicted octanol–water partition coefficient (Wildman–Crippen LogP) is 1.37. The highest BCUT2D eigenvalue weighted by atomic mass is 16.7. The van der Waals surface area contributed by atoms with Crippen molar-refractivity contribution in [2.45, 2.75) is 32.5 Å². The molecular formula is C10H21NO2. The predicted molar refractivity (Wildman–Crippen MR) is 52.3 cm³/mol. The van der Waals surface area contributed by atoms with E-state index in [0.29, 0.717) is 5.92 Å². The number of rotatable bonds is 4. The molecular weight excluding hydrogens is 166 g/mol. The molecule has 0 aromatic carbocycles. The molecule has 1 rings (SSSR count). The molecule has 1 fully saturated rings. The van der Waals surface area contributed by atoms with Crippen LogP contribution < -0.4 is 5.73 Å². The lowest BCUT2D eigenvalue weighted by Crippen LogP contribution is -2.53. The lowest BCUT2D eigenvalue weighted by Gasteiger charge is -2.51. The van der Waals surface area contributed by atoms with Gasteiger partial charge in [0, 0.05) is 27.1 Å². The second-order valence-corrected chi connectivity index (χ2v) is 4.62. The summed E-state index contributed by atoms with van der Waals surface area (Å²) in [6.07, 6.45) is 1.92. The Labute approximate surface area is 80.6 Å². The normalized spacial score (nSPS) is 22.8. The summed E-state index contributed by atoms with van der Waals surface area (Å²) in [5.41, 5.74) is 5.92. The zero-order chi connectivity index (χ0) is 10.1. The number of hydrogen-bond donors (Lipinski definition) is 1. The van der Waals surface area contributed by atoms with Gasteiger partial charge in [-0.05, 0) is 17.9 Å². The number of methoxy groups -OCH3 is 2. The molecule has 78 valence electrons. The largest absolute Gasteiger partial charge is 0.353 e. The molecule has 3 nitrogen and oxygen atoms in total. The Bertz CT molecular complexity index is 168. The minimum atomic E-state index is -0.322. The summed E-state index contributed by atoms with van der Waals surface area (Å²) in [6.45, 7) is 5.13. The topological polar surface area (TPSA) is 44.5 Å². The van der Waals surface area contributed by atoms with E-state index in [2.05, 4.69) is 13.8 Å². The van der Waals surface area contributed by atoms with Gasteiger partial charge in [0.15, 0.2) is 5.79 Å². The van der Waals surface area contributed by atoms with Gasteiger partial charge >= 0.3 is 0 Å². The molecule has 0 saturated heterocycles. The molecule has 1 aliphatic carbocycles. The van der Waals surface area contributed by atoms with E-state index < -0.39 is 0 Å². The molecule has 0 unspecified atom stereocenters. The molecule has 0 amide bonds. The fourth-order valence-electron chi connectivity index (χ4n) is 1.83. The maximum absolute atomic E-state index is 5.71. The van der Waals surface area contributed by atoms with Crippen molar-refractivity contribution in [3.8, 4) is 0 Å². The lowest BCUT2D eigenvalue weighted by atomic mass is 9.64. The molecule has 13 heavy (non-hydrogen) atoms. The van der Waals surface area contributed by atoms with Crippen molar-refractivity contribution in [1.29, 1.82) is 0 Å². The third-order valence-electron chi connectivity index (χ3n) is 3.49. The van der Waals surface area contributed by atoms with Crippen LogP contribution >= 0.6 is 0 Å². The average Bonchev–Trinajstić information content (AvgIpc) is 2.04. The van der Waals surface area contributed by atoms with Gasteiger partial charge in [-0.2, -0.15) is 0 Å². The van der Waals surface area contributed by atoms with Gasteiger partial charge in [-0.1, -0.05) is 13.8 Å². The molecule has 0 atom stereocenters. The highest BCUT2D eigenvalue weighted by Crippen LogP contribution is 2.49. The van der Waals surface area contributed by atoms with Crippen LogP contribution in [0.1, 0.15) is 26.7 Å². The van der Waals surface area contributed by atoms with Crippen LogP contribution in [0.25, 0.3) is 0 Å². The molecule has 0 heterocycles. The van der Waals surface area contributed by atoms with E-state index in [9.17, 15) is 0 Å². The molecule has 0 aromatic rings. The summed E-state index contributed by atoms with van der Waals surface area (Å²) in [7, 11) is 3.41. The van der Waals surface area contributed by atoms with Crippen molar-refractivity contribution < 1.29 is 9.47 Å². The van der Waals surface area contributed by atoms with Crippen molar-refractivity contribution in [3.63, 3.8) is 0 Å². The molecule has 0 radical (unpaired) electrons. The minimum Gasteiger partial charge on any atom is -0.353 e. The number of nitrogens with two attached hydrogens (primary N) is 1. The SMILES string of the molecule is COC1(OC)CC(C(C)(C)CN)C1. The van der Waals surface area contributed by atoms with Crippen LogP contribution in [0.15, 0.2) is 0 Å². The van der Waals surface area contributed by atoms with Gasteiger partial charge in [0.25, 0.3) is 0 Å². The Morgan fingerprint density at radius 2 is 1.77 bits per heavy atom. The van der Waals surface area contributed by atoms with E-state index in [0.717, 1.165) is 19.4 Å². The fraction of sp³-hybridized carbons (Fsp3) is 1.00. The van der Waals surface area contributed by atoms with Gasteiger partial charge in [-0.15, -0.1) is 0 Å². The first-order valence-electron chi connectivity index (χ1n) is 4.80. The van der Waals surface area contributed by atoms with E-state index in [1.54, 1.807) is 14.2 Å². The Morgan fingerprint density at radius 3 is 2.08 bits per heavy atom. The average molecular weight is 187 g/mol. The van der Waals surface area contributed by atoms with E-state index in [1.165, 1.54) is 0 Å². The summed E-state index contributed by atoms with van der Waals surface area (Å²) in [5, 5.41) is 0. The van der Waals surface area contributed by atoms with E-state index in [-0.39, 0.29) is 11.2 Å². The van der Waals surface area contributed by atoms with Gasteiger partial charge in [-0.3, -0.25) is 0 Å². The highest BCUT2D eigenvalue weighted by molar-refractivity contribution is 4.95. The van der Waals surface area contributed by atoms with Crippen LogP contribution in [0.2, 0.25) is 0 Å². The van der Waals surface area contributed by atoms with E-state index >= 15 is 0 Å². The maximum Gasteiger partial charge on any atom is 0.168 e. The summed E-state index contributed by atoms with van der Waals surface area (Å²) in [4.78, 5) is 0. The first-order valence-corrected chi connectivity index (χ1v) is 4.80. The van der Waals surface area contributed by atoms with Gasteiger partial charge in [0.05, 0.1) is 0 Å². The van der Waals surface area contributed by atoms with Crippen LogP contribution in [-0.4, -0.2) is 26.6 Å². The monoisotopic (exact) mass is 187 g/mol. The first kappa shape index (κ1) is 11.0. The summed E-state index contributed by atoms with van der Waals surface area (Å²) < 4.78 is 10.7. The van der Waals surface area contributed by atoms with Crippen LogP contribution in [0.5, 0.6) is 0 Å². The van der Waals surface area contributed by atoms with Crippen molar-refractivity contribution in [2.24, 2.45) is 17.1 Å². The van der Waals surface area contributed by atoms with Crippen molar-refractivity contribution in [1.82, 2.24) is 0 Å². The summed E-state index contributed by atoms with van der Waals surface area (Å²) >= 11 is 0. The van der Waals surface area contributed by atoms with Gasteiger partial charge < -0.3 is 15.2 Å². The Hall–Kier alpha value is -0.120.